The van der Waals surface area contributed by atoms with Crippen LogP contribution in [0.4, 0.5) is 5.69 Å². The van der Waals surface area contributed by atoms with Gasteiger partial charge in [0.2, 0.25) is 5.91 Å². The van der Waals surface area contributed by atoms with E-state index in [0.29, 0.717) is 25.4 Å². The fourth-order valence-corrected chi connectivity index (χ4v) is 5.90. The third-order valence-corrected chi connectivity index (χ3v) is 7.42. The zero-order chi connectivity index (χ0) is 20.3. The first-order valence-electron chi connectivity index (χ1n) is 9.96. The van der Waals surface area contributed by atoms with Gasteiger partial charge in [-0.1, -0.05) is 31.5 Å². The summed E-state index contributed by atoms with van der Waals surface area (Å²) in [4.78, 5) is 19.3. The van der Waals surface area contributed by atoms with E-state index in [9.17, 15) is 13.2 Å². The van der Waals surface area contributed by atoms with Crippen LogP contribution < -0.4 is 4.90 Å². The first kappa shape index (κ1) is 21.4. The van der Waals surface area contributed by atoms with E-state index in [1.165, 1.54) is 0 Å². The average Bonchev–Trinajstić information content (AvgIpc) is 2.99. The molecule has 0 bridgehead atoms. The summed E-state index contributed by atoms with van der Waals surface area (Å²) in [6.07, 6.45) is 0.559. The number of benzene rings is 1. The van der Waals surface area contributed by atoms with Gasteiger partial charge in [0, 0.05) is 49.5 Å². The molecule has 1 unspecified atom stereocenters. The predicted molar refractivity (Wildman–Crippen MR) is 114 cm³/mol. The molecule has 0 N–H and O–H groups in total. The number of hydrogen-bond donors (Lipinski definition) is 0. The lowest BCUT2D eigenvalue weighted by Gasteiger charge is -2.37. The average molecular weight is 428 g/mol. The van der Waals surface area contributed by atoms with Gasteiger partial charge in [-0.25, -0.2) is 8.42 Å². The minimum atomic E-state index is -3.01. The van der Waals surface area contributed by atoms with Crippen LogP contribution in [0.15, 0.2) is 24.3 Å². The van der Waals surface area contributed by atoms with E-state index >= 15 is 0 Å². The maximum absolute atomic E-state index is 13.0. The van der Waals surface area contributed by atoms with Gasteiger partial charge < -0.3 is 9.80 Å². The third kappa shape index (κ3) is 5.61. The van der Waals surface area contributed by atoms with Crippen LogP contribution in [0.5, 0.6) is 0 Å². The summed E-state index contributed by atoms with van der Waals surface area (Å²) in [5.74, 6) is 0.658. The number of nitrogens with zero attached hydrogens (tertiary/aromatic N) is 3. The first-order valence-corrected chi connectivity index (χ1v) is 12.2. The van der Waals surface area contributed by atoms with Crippen LogP contribution >= 0.6 is 11.6 Å². The van der Waals surface area contributed by atoms with E-state index in [4.69, 9.17) is 11.6 Å². The van der Waals surface area contributed by atoms with Crippen molar-refractivity contribution in [3.63, 3.8) is 0 Å². The molecule has 1 aromatic rings. The van der Waals surface area contributed by atoms with Gasteiger partial charge in [0.15, 0.2) is 9.84 Å². The number of carbonyl (C=O) groups is 1. The van der Waals surface area contributed by atoms with Crippen LogP contribution in [0.1, 0.15) is 20.3 Å². The fourth-order valence-electron chi connectivity index (χ4n) is 3.99. The Kier molecular flexibility index (Phi) is 6.89. The van der Waals surface area contributed by atoms with Crippen molar-refractivity contribution in [3.05, 3.63) is 29.3 Å². The molecular weight excluding hydrogens is 398 g/mol. The zero-order valence-electron chi connectivity index (χ0n) is 16.7. The number of hydrogen-bond acceptors (Lipinski definition) is 5. The van der Waals surface area contributed by atoms with Crippen LogP contribution in [-0.4, -0.2) is 80.9 Å². The van der Waals surface area contributed by atoms with Crippen LogP contribution in [0.3, 0.4) is 0 Å². The van der Waals surface area contributed by atoms with E-state index < -0.39 is 9.84 Å². The Labute approximate surface area is 173 Å². The predicted octanol–water partition coefficient (Wildman–Crippen LogP) is 2.13. The number of rotatable bonds is 6. The Morgan fingerprint density at radius 1 is 1.25 bits per heavy atom. The van der Waals surface area contributed by atoms with Crippen molar-refractivity contribution >= 4 is 33.0 Å². The van der Waals surface area contributed by atoms with Gasteiger partial charge in [-0.2, -0.15) is 0 Å². The maximum atomic E-state index is 13.0. The summed E-state index contributed by atoms with van der Waals surface area (Å²) in [6, 6.07) is 7.66. The quantitative estimate of drug-likeness (QED) is 0.696. The van der Waals surface area contributed by atoms with E-state index in [0.717, 1.165) is 36.9 Å². The highest BCUT2D eigenvalue weighted by Gasteiger charge is 2.35. The monoisotopic (exact) mass is 427 g/mol. The highest BCUT2D eigenvalue weighted by atomic mass is 35.5. The summed E-state index contributed by atoms with van der Waals surface area (Å²) in [5, 5.41) is 0.728. The molecular formula is C20H30ClN3O3S. The van der Waals surface area contributed by atoms with Gasteiger partial charge in [-0.05, 0) is 30.5 Å². The number of carbonyl (C=O) groups excluding carboxylic acids is 1. The van der Waals surface area contributed by atoms with E-state index in [-0.39, 0.29) is 23.5 Å². The minimum Gasteiger partial charge on any atom is -0.369 e. The molecule has 0 radical (unpaired) electrons. The van der Waals surface area contributed by atoms with Crippen LogP contribution in [0.25, 0.3) is 0 Å². The van der Waals surface area contributed by atoms with Crippen LogP contribution in [-0.2, 0) is 14.6 Å². The molecule has 3 rings (SSSR count). The van der Waals surface area contributed by atoms with Crippen molar-refractivity contribution in [1.82, 2.24) is 9.80 Å². The Morgan fingerprint density at radius 3 is 2.54 bits per heavy atom. The van der Waals surface area contributed by atoms with Crippen molar-refractivity contribution in [3.8, 4) is 0 Å². The first-order chi connectivity index (χ1) is 13.2. The molecule has 8 heteroatoms. The van der Waals surface area contributed by atoms with Crippen LogP contribution in [0, 0.1) is 5.92 Å². The summed E-state index contributed by atoms with van der Waals surface area (Å²) in [6.45, 7) is 8.38. The largest absolute Gasteiger partial charge is 0.369 e. The van der Waals surface area contributed by atoms with Crippen LogP contribution in [0.2, 0.25) is 5.02 Å². The van der Waals surface area contributed by atoms with Crippen molar-refractivity contribution in [2.24, 2.45) is 5.92 Å². The second-order valence-corrected chi connectivity index (χ2v) is 10.9. The summed E-state index contributed by atoms with van der Waals surface area (Å²) < 4.78 is 23.8. The highest BCUT2D eigenvalue weighted by molar-refractivity contribution is 7.91. The molecule has 0 aliphatic carbocycles. The Bertz CT molecular complexity index is 792. The van der Waals surface area contributed by atoms with Gasteiger partial charge in [-0.3, -0.25) is 9.69 Å². The minimum absolute atomic E-state index is 0.0482. The number of piperazine rings is 1. The molecule has 156 valence electrons. The normalized spacial score (nSPS) is 22.6. The maximum Gasteiger partial charge on any atom is 0.237 e. The standard InChI is InChI=1S/C20H30ClN3O3S/c1-16(2)13-24(19-6-11-28(26,27)15-19)20(25)14-22-7-9-23(10-8-22)18-5-3-4-17(21)12-18/h3-5,12,16,19H,6-11,13-15H2,1-2H3. The number of anilines is 1. The number of sulfone groups is 1. The lowest BCUT2D eigenvalue weighted by molar-refractivity contribution is -0.135. The molecule has 28 heavy (non-hydrogen) atoms. The molecule has 6 nitrogen and oxygen atoms in total. The molecule has 1 amide bonds. The van der Waals surface area contributed by atoms with Gasteiger partial charge in [0.05, 0.1) is 18.1 Å². The van der Waals surface area contributed by atoms with Gasteiger partial charge in [-0.15, -0.1) is 0 Å². The van der Waals surface area contributed by atoms with Crippen molar-refractivity contribution in [1.29, 1.82) is 0 Å². The summed E-state index contributed by atoms with van der Waals surface area (Å²) >= 11 is 6.09. The molecule has 0 aromatic heterocycles. The molecule has 1 atom stereocenters. The molecule has 2 fully saturated rings. The SMILES string of the molecule is CC(C)CN(C(=O)CN1CCN(c2cccc(Cl)c2)CC1)C1CCS(=O)(=O)C1. The smallest absolute Gasteiger partial charge is 0.237 e. The molecule has 1 aromatic carbocycles. The van der Waals surface area contributed by atoms with E-state index in [1.54, 1.807) is 0 Å². The van der Waals surface area contributed by atoms with E-state index in [2.05, 4.69) is 29.7 Å². The van der Waals surface area contributed by atoms with Gasteiger partial charge >= 0.3 is 0 Å². The molecule has 2 saturated heterocycles. The Hall–Kier alpha value is -1.31. The van der Waals surface area contributed by atoms with Gasteiger partial charge in [0.25, 0.3) is 0 Å². The lowest BCUT2D eigenvalue weighted by atomic mass is 10.1. The molecule has 2 aliphatic rings. The number of amides is 1. The van der Waals surface area contributed by atoms with Crippen molar-refractivity contribution < 1.29 is 13.2 Å². The highest BCUT2D eigenvalue weighted by Crippen LogP contribution is 2.22. The number of halogens is 1. The third-order valence-electron chi connectivity index (χ3n) is 5.44. The summed E-state index contributed by atoms with van der Waals surface area (Å²) in [5.41, 5.74) is 1.11. The summed E-state index contributed by atoms with van der Waals surface area (Å²) in [7, 11) is -3.01. The molecule has 2 aliphatic heterocycles. The van der Waals surface area contributed by atoms with Crippen molar-refractivity contribution in [2.75, 3.05) is 55.7 Å². The van der Waals surface area contributed by atoms with E-state index in [1.807, 2.05) is 23.1 Å². The lowest BCUT2D eigenvalue weighted by Crippen LogP contribution is -2.52. The second-order valence-electron chi connectivity index (χ2n) is 8.24. The zero-order valence-corrected chi connectivity index (χ0v) is 18.3. The fraction of sp³-hybridized carbons (Fsp3) is 0.650. The molecule has 2 heterocycles. The van der Waals surface area contributed by atoms with Gasteiger partial charge in [0.1, 0.15) is 0 Å². The van der Waals surface area contributed by atoms with Crippen molar-refractivity contribution in [2.45, 2.75) is 26.3 Å². The Morgan fingerprint density at radius 2 is 1.96 bits per heavy atom. The Balaban J connectivity index is 1.57. The molecule has 0 saturated carbocycles. The molecule has 0 spiro atoms. The topological polar surface area (TPSA) is 60.9 Å². The second kappa shape index (κ2) is 9.01.